The van der Waals surface area contributed by atoms with E-state index >= 15 is 0 Å². The highest BCUT2D eigenvalue weighted by molar-refractivity contribution is 5.83. The standard InChI is InChI=1S/C24H30N4O/c1-3-26(4-2)24(29)23(21-13-9-6-10-14-21)28-17-15-27(16-18-28)22(19-25)20-11-7-5-8-12-20/h5-14,22-23H,3-4,15-18H2,1-2H3. The van der Waals surface area contributed by atoms with Crippen molar-refractivity contribution in [1.82, 2.24) is 14.7 Å². The van der Waals surface area contributed by atoms with Gasteiger partial charge in [0.15, 0.2) is 0 Å². The SMILES string of the molecule is CCN(CC)C(=O)C(c1ccccc1)N1CCN(C(C#N)c2ccccc2)CC1. The topological polar surface area (TPSA) is 50.6 Å². The van der Waals surface area contributed by atoms with Crippen molar-refractivity contribution in [3.05, 3.63) is 71.8 Å². The summed E-state index contributed by atoms with van der Waals surface area (Å²) in [7, 11) is 0. The van der Waals surface area contributed by atoms with E-state index in [0.29, 0.717) is 13.1 Å². The van der Waals surface area contributed by atoms with Gasteiger partial charge >= 0.3 is 0 Å². The summed E-state index contributed by atoms with van der Waals surface area (Å²) in [6, 6.07) is 21.9. The minimum atomic E-state index is -0.268. The lowest BCUT2D eigenvalue weighted by Crippen LogP contribution is -2.52. The number of nitriles is 1. The summed E-state index contributed by atoms with van der Waals surface area (Å²) in [6.45, 7) is 8.53. The molecule has 0 bridgehead atoms. The molecule has 1 saturated heterocycles. The van der Waals surface area contributed by atoms with Crippen LogP contribution in [0.25, 0.3) is 0 Å². The maximum atomic E-state index is 13.3. The van der Waals surface area contributed by atoms with Gasteiger partial charge in [-0.3, -0.25) is 14.6 Å². The summed E-state index contributed by atoms with van der Waals surface area (Å²) in [4.78, 5) is 19.7. The first kappa shape index (κ1) is 21.0. The van der Waals surface area contributed by atoms with Gasteiger partial charge in [-0.2, -0.15) is 5.26 Å². The van der Waals surface area contributed by atoms with Crippen LogP contribution in [0.15, 0.2) is 60.7 Å². The van der Waals surface area contributed by atoms with Crippen LogP contribution in [-0.2, 0) is 4.79 Å². The first-order valence-electron chi connectivity index (χ1n) is 10.5. The Morgan fingerprint density at radius 3 is 1.86 bits per heavy atom. The minimum absolute atomic E-state index is 0.162. The van der Waals surface area contributed by atoms with Gasteiger partial charge in [-0.25, -0.2) is 0 Å². The van der Waals surface area contributed by atoms with Gasteiger partial charge in [-0.05, 0) is 25.0 Å². The minimum Gasteiger partial charge on any atom is -0.342 e. The molecule has 1 fully saturated rings. The fourth-order valence-corrected chi connectivity index (χ4v) is 4.11. The zero-order valence-corrected chi connectivity index (χ0v) is 17.4. The van der Waals surface area contributed by atoms with Gasteiger partial charge in [-0.15, -0.1) is 0 Å². The van der Waals surface area contributed by atoms with Gasteiger partial charge in [0.2, 0.25) is 5.91 Å². The average Bonchev–Trinajstić information content (AvgIpc) is 2.78. The molecule has 0 spiro atoms. The molecule has 0 radical (unpaired) electrons. The average molecular weight is 391 g/mol. The first-order valence-corrected chi connectivity index (χ1v) is 10.5. The van der Waals surface area contributed by atoms with E-state index in [-0.39, 0.29) is 18.0 Å². The molecule has 0 saturated carbocycles. The van der Waals surface area contributed by atoms with Gasteiger partial charge in [-0.1, -0.05) is 60.7 Å². The molecule has 2 unspecified atom stereocenters. The maximum absolute atomic E-state index is 13.3. The van der Waals surface area contributed by atoms with Gasteiger partial charge in [0.25, 0.3) is 0 Å². The Morgan fingerprint density at radius 1 is 0.897 bits per heavy atom. The number of benzene rings is 2. The van der Waals surface area contributed by atoms with Gasteiger partial charge in [0.1, 0.15) is 12.1 Å². The fourth-order valence-electron chi connectivity index (χ4n) is 4.11. The Balaban J connectivity index is 1.76. The lowest BCUT2D eigenvalue weighted by atomic mass is 10.0. The van der Waals surface area contributed by atoms with Crippen LogP contribution in [0.5, 0.6) is 0 Å². The third-order valence-corrected chi connectivity index (χ3v) is 5.74. The zero-order chi connectivity index (χ0) is 20.6. The largest absolute Gasteiger partial charge is 0.342 e. The molecule has 152 valence electrons. The summed E-state index contributed by atoms with van der Waals surface area (Å²) in [5.41, 5.74) is 2.07. The van der Waals surface area contributed by atoms with Crippen LogP contribution in [-0.4, -0.2) is 59.9 Å². The summed E-state index contributed by atoms with van der Waals surface area (Å²) in [5, 5.41) is 9.74. The van der Waals surface area contributed by atoms with Crippen molar-refractivity contribution >= 4 is 5.91 Å². The van der Waals surface area contributed by atoms with E-state index in [9.17, 15) is 10.1 Å². The highest BCUT2D eigenvalue weighted by Crippen LogP contribution is 2.27. The molecule has 2 aromatic rings. The Kier molecular flexibility index (Phi) is 7.40. The number of rotatable bonds is 7. The van der Waals surface area contributed by atoms with Crippen LogP contribution in [0.1, 0.15) is 37.1 Å². The summed E-state index contributed by atoms with van der Waals surface area (Å²) < 4.78 is 0. The van der Waals surface area contributed by atoms with E-state index < -0.39 is 0 Å². The number of amides is 1. The van der Waals surface area contributed by atoms with Crippen LogP contribution in [0, 0.1) is 11.3 Å². The highest BCUT2D eigenvalue weighted by Gasteiger charge is 2.34. The van der Waals surface area contributed by atoms with Crippen molar-refractivity contribution in [3.63, 3.8) is 0 Å². The van der Waals surface area contributed by atoms with Gasteiger partial charge < -0.3 is 4.90 Å². The monoisotopic (exact) mass is 390 g/mol. The molecule has 5 nitrogen and oxygen atoms in total. The number of hydrogen-bond donors (Lipinski definition) is 0. The van der Waals surface area contributed by atoms with Crippen molar-refractivity contribution < 1.29 is 4.79 Å². The number of hydrogen-bond acceptors (Lipinski definition) is 4. The molecule has 1 heterocycles. The third-order valence-electron chi connectivity index (χ3n) is 5.74. The molecule has 0 N–H and O–H groups in total. The molecule has 2 aromatic carbocycles. The second kappa shape index (κ2) is 10.2. The second-order valence-corrected chi connectivity index (χ2v) is 7.34. The second-order valence-electron chi connectivity index (χ2n) is 7.34. The number of likely N-dealkylation sites (N-methyl/N-ethyl adjacent to an activating group) is 1. The fraction of sp³-hybridized carbons (Fsp3) is 0.417. The summed E-state index contributed by atoms with van der Waals surface area (Å²) in [5.74, 6) is 0.162. The van der Waals surface area contributed by atoms with Crippen LogP contribution in [0.2, 0.25) is 0 Å². The quantitative estimate of drug-likeness (QED) is 0.726. The molecule has 5 heteroatoms. The molecule has 1 aliphatic rings. The van der Waals surface area contributed by atoms with Crippen molar-refractivity contribution in [2.75, 3.05) is 39.3 Å². The highest BCUT2D eigenvalue weighted by atomic mass is 16.2. The maximum Gasteiger partial charge on any atom is 0.244 e. The smallest absolute Gasteiger partial charge is 0.244 e. The normalized spacial score (nSPS) is 17.3. The van der Waals surface area contributed by atoms with Crippen molar-refractivity contribution in [2.45, 2.75) is 25.9 Å². The van der Waals surface area contributed by atoms with Gasteiger partial charge in [0.05, 0.1) is 6.07 Å². The van der Waals surface area contributed by atoms with Crippen LogP contribution in [0.4, 0.5) is 0 Å². The Hall–Kier alpha value is -2.68. The van der Waals surface area contributed by atoms with E-state index in [2.05, 4.69) is 15.9 Å². The molecule has 3 rings (SSSR count). The summed E-state index contributed by atoms with van der Waals surface area (Å²) in [6.07, 6.45) is 0. The molecule has 0 aliphatic carbocycles. The Labute approximate surface area is 174 Å². The molecule has 1 amide bonds. The molecule has 0 aromatic heterocycles. The predicted molar refractivity (Wildman–Crippen MR) is 115 cm³/mol. The van der Waals surface area contributed by atoms with Crippen molar-refractivity contribution in [3.8, 4) is 6.07 Å². The van der Waals surface area contributed by atoms with E-state index in [1.54, 1.807) is 0 Å². The molecule has 2 atom stereocenters. The Bertz CT molecular complexity index is 806. The number of carbonyl (C=O) groups is 1. The first-order chi connectivity index (χ1) is 14.2. The molecular weight excluding hydrogens is 360 g/mol. The van der Waals surface area contributed by atoms with Crippen molar-refractivity contribution in [1.29, 1.82) is 5.26 Å². The van der Waals surface area contributed by atoms with E-state index in [0.717, 1.165) is 37.3 Å². The van der Waals surface area contributed by atoms with E-state index in [1.807, 2.05) is 79.4 Å². The summed E-state index contributed by atoms with van der Waals surface area (Å²) >= 11 is 0. The van der Waals surface area contributed by atoms with Gasteiger partial charge in [0, 0.05) is 39.3 Å². The molecular formula is C24H30N4O. The lowest BCUT2D eigenvalue weighted by molar-refractivity contribution is -0.137. The third kappa shape index (κ3) is 4.84. The van der Waals surface area contributed by atoms with E-state index in [1.165, 1.54) is 0 Å². The van der Waals surface area contributed by atoms with Crippen LogP contribution >= 0.6 is 0 Å². The van der Waals surface area contributed by atoms with Crippen LogP contribution < -0.4 is 0 Å². The Morgan fingerprint density at radius 2 is 1.38 bits per heavy atom. The number of carbonyl (C=O) groups excluding carboxylic acids is 1. The zero-order valence-electron chi connectivity index (χ0n) is 17.4. The number of piperazine rings is 1. The lowest BCUT2D eigenvalue weighted by Gasteiger charge is -2.41. The molecule has 1 aliphatic heterocycles. The van der Waals surface area contributed by atoms with Crippen LogP contribution in [0.3, 0.4) is 0 Å². The van der Waals surface area contributed by atoms with E-state index in [4.69, 9.17) is 0 Å². The van der Waals surface area contributed by atoms with Crippen molar-refractivity contribution in [2.24, 2.45) is 0 Å². The molecule has 29 heavy (non-hydrogen) atoms. The predicted octanol–water partition coefficient (Wildman–Crippen LogP) is 3.48. The number of nitrogens with zero attached hydrogens (tertiary/aromatic N) is 4.